The van der Waals surface area contributed by atoms with Crippen LogP contribution in [0.3, 0.4) is 0 Å². The largest absolute Gasteiger partial charge is 0.480 e. The predicted molar refractivity (Wildman–Crippen MR) is 103 cm³/mol. The number of hydrogen-bond acceptors (Lipinski definition) is 2. The highest BCUT2D eigenvalue weighted by atomic mass is 79.9. The third kappa shape index (κ3) is 4.74. The van der Waals surface area contributed by atoms with Gasteiger partial charge in [0.15, 0.2) is 6.10 Å². The summed E-state index contributed by atoms with van der Waals surface area (Å²) in [6.07, 6.45) is 0.379. The first-order chi connectivity index (χ1) is 11.4. The number of nitrogens with one attached hydrogen (secondary N) is 1. The molecule has 3 nitrogen and oxygen atoms in total. The smallest absolute Gasteiger partial charge is 0.265 e. The first-order valence-corrected chi connectivity index (χ1v) is 9.11. The third-order valence-electron chi connectivity index (χ3n) is 3.93. The number of hydrogen-bond donors (Lipinski definition) is 1. The molecule has 0 aliphatic heterocycles. The Morgan fingerprint density at radius 3 is 2.62 bits per heavy atom. The molecule has 0 aliphatic rings. The van der Waals surface area contributed by atoms with E-state index in [-0.39, 0.29) is 5.91 Å². The van der Waals surface area contributed by atoms with Crippen LogP contribution in [0.1, 0.15) is 38.7 Å². The molecule has 2 atom stereocenters. The average molecular weight is 411 g/mol. The second-order valence-corrected chi connectivity index (χ2v) is 7.01. The van der Waals surface area contributed by atoms with E-state index in [1.165, 1.54) is 0 Å². The molecular formula is C19H21BrClNO2. The van der Waals surface area contributed by atoms with Crippen molar-refractivity contribution in [3.05, 3.63) is 57.5 Å². The summed E-state index contributed by atoms with van der Waals surface area (Å²) in [4.78, 5) is 12.5. The number of benzene rings is 2. The fraction of sp³-hybridized carbons (Fsp3) is 0.316. The van der Waals surface area contributed by atoms with Crippen molar-refractivity contribution in [2.45, 2.75) is 39.2 Å². The molecular weight excluding hydrogens is 390 g/mol. The van der Waals surface area contributed by atoms with Gasteiger partial charge in [0.2, 0.25) is 0 Å². The van der Waals surface area contributed by atoms with Crippen LogP contribution in [0.25, 0.3) is 0 Å². The van der Waals surface area contributed by atoms with Crippen LogP contribution >= 0.6 is 27.5 Å². The lowest BCUT2D eigenvalue weighted by Crippen LogP contribution is -2.30. The predicted octanol–water partition coefficient (Wildman–Crippen LogP) is 6.02. The number of ether oxygens (including phenoxy) is 1. The number of para-hydroxylation sites is 1. The van der Waals surface area contributed by atoms with Crippen molar-refractivity contribution in [3.8, 4) is 5.75 Å². The summed E-state index contributed by atoms with van der Waals surface area (Å²) in [5.74, 6) is 0.771. The van der Waals surface area contributed by atoms with Crippen molar-refractivity contribution in [2.75, 3.05) is 5.32 Å². The zero-order valence-corrected chi connectivity index (χ0v) is 16.3. The van der Waals surface area contributed by atoms with E-state index in [1.807, 2.05) is 24.3 Å². The summed E-state index contributed by atoms with van der Waals surface area (Å²) >= 11 is 9.31. The van der Waals surface area contributed by atoms with E-state index >= 15 is 0 Å². The summed E-state index contributed by atoms with van der Waals surface area (Å²) < 4.78 is 6.46. The number of rotatable bonds is 6. The molecule has 0 saturated heterocycles. The molecule has 0 saturated carbocycles. The molecule has 0 bridgehead atoms. The lowest BCUT2D eigenvalue weighted by atomic mass is 9.97. The van der Waals surface area contributed by atoms with Gasteiger partial charge in [-0.25, -0.2) is 0 Å². The molecule has 0 aliphatic carbocycles. The van der Waals surface area contributed by atoms with Crippen molar-refractivity contribution in [1.29, 1.82) is 0 Å². The number of carbonyl (C=O) groups is 1. The highest BCUT2D eigenvalue weighted by Crippen LogP contribution is 2.30. The lowest BCUT2D eigenvalue weighted by Gasteiger charge is -2.19. The molecule has 1 N–H and O–H groups in total. The van der Waals surface area contributed by atoms with Crippen molar-refractivity contribution in [1.82, 2.24) is 0 Å². The molecule has 24 heavy (non-hydrogen) atoms. The monoisotopic (exact) mass is 409 g/mol. The van der Waals surface area contributed by atoms with Gasteiger partial charge in [0.05, 0.1) is 4.47 Å². The number of anilines is 1. The Morgan fingerprint density at radius 2 is 1.96 bits per heavy atom. The zero-order chi connectivity index (χ0) is 17.7. The number of amides is 1. The fourth-order valence-electron chi connectivity index (χ4n) is 2.31. The summed E-state index contributed by atoms with van der Waals surface area (Å²) in [6.45, 7) is 6.01. The summed E-state index contributed by atoms with van der Waals surface area (Å²) in [5.41, 5.74) is 1.97. The minimum atomic E-state index is -0.632. The lowest BCUT2D eigenvalue weighted by molar-refractivity contribution is -0.122. The first-order valence-electron chi connectivity index (χ1n) is 7.93. The molecule has 5 heteroatoms. The Balaban J connectivity index is 2.09. The van der Waals surface area contributed by atoms with Crippen LogP contribution in [0.2, 0.25) is 5.02 Å². The average Bonchev–Trinajstić information content (AvgIpc) is 2.57. The molecule has 0 spiro atoms. The van der Waals surface area contributed by atoms with Gasteiger partial charge in [-0.3, -0.25) is 4.79 Å². The molecule has 128 valence electrons. The van der Waals surface area contributed by atoms with Crippen molar-refractivity contribution < 1.29 is 9.53 Å². The van der Waals surface area contributed by atoms with E-state index in [0.717, 1.165) is 22.1 Å². The normalized spacial score (nSPS) is 13.2. The second kappa shape index (κ2) is 8.54. The van der Waals surface area contributed by atoms with Gasteiger partial charge >= 0.3 is 0 Å². The molecule has 2 aromatic rings. The summed E-state index contributed by atoms with van der Waals surface area (Å²) in [7, 11) is 0. The maximum atomic E-state index is 12.5. The van der Waals surface area contributed by atoms with E-state index < -0.39 is 6.10 Å². The Bertz CT molecular complexity index is 720. The van der Waals surface area contributed by atoms with Crippen LogP contribution in [0.5, 0.6) is 5.75 Å². The van der Waals surface area contributed by atoms with Gasteiger partial charge in [-0.15, -0.1) is 0 Å². The highest BCUT2D eigenvalue weighted by molar-refractivity contribution is 9.10. The van der Waals surface area contributed by atoms with Gasteiger partial charge in [0.25, 0.3) is 5.91 Å². The molecule has 0 unspecified atom stereocenters. The quantitative estimate of drug-likeness (QED) is 0.632. The van der Waals surface area contributed by atoms with Gasteiger partial charge in [0, 0.05) is 10.7 Å². The second-order valence-electron chi connectivity index (χ2n) is 5.72. The van der Waals surface area contributed by atoms with E-state index in [0.29, 0.717) is 16.7 Å². The minimum Gasteiger partial charge on any atom is -0.480 e. The van der Waals surface area contributed by atoms with Crippen molar-refractivity contribution in [3.63, 3.8) is 0 Å². The van der Waals surface area contributed by atoms with E-state index in [9.17, 15) is 4.79 Å². The van der Waals surface area contributed by atoms with E-state index in [1.54, 1.807) is 25.1 Å². The molecule has 0 fully saturated rings. The van der Waals surface area contributed by atoms with Crippen LogP contribution < -0.4 is 10.1 Å². The van der Waals surface area contributed by atoms with Gasteiger partial charge in [-0.05, 0) is 65.0 Å². The molecule has 2 aromatic carbocycles. The van der Waals surface area contributed by atoms with Gasteiger partial charge in [-0.1, -0.05) is 43.6 Å². The van der Waals surface area contributed by atoms with E-state index in [2.05, 4.69) is 35.1 Å². The van der Waals surface area contributed by atoms with Crippen LogP contribution in [0, 0.1) is 0 Å². The van der Waals surface area contributed by atoms with Crippen molar-refractivity contribution in [2.24, 2.45) is 0 Å². The Morgan fingerprint density at radius 1 is 1.25 bits per heavy atom. The Labute approximate surface area is 156 Å². The third-order valence-corrected chi connectivity index (χ3v) is 4.78. The van der Waals surface area contributed by atoms with Crippen LogP contribution in [0.4, 0.5) is 5.69 Å². The Hall–Kier alpha value is -1.52. The van der Waals surface area contributed by atoms with Gasteiger partial charge < -0.3 is 10.1 Å². The number of carbonyl (C=O) groups excluding carboxylic acids is 1. The Kier molecular flexibility index (Phi) is 6.69. The van der Waals surface area contributed by atoms with Crippen LogP contribution in [-0.4, -0.2) is 12.0 Å². The highest BCUT2D eigenvalue weighted by Gasteiger charge is 2.18. The molecule has 1 amide bonds. The molecule has 0 aromatic heterocycles. The molecule has 0 heterocycles. The summed E-state index contributed by atoms with van der Waals surface area (Å²) in [5, 5.41) is 3.58. The van der Waals surface area contributed by atoms with Gasteiger partial charge in [0.1, 0.15) is 5.75 Å². The van der Waals surface area contributed by atoms with Crippen LogP contribution in [-0.2, 0) is 4.79 Å². The molecule has 0 radical (unpaired) electrons. The topological polar surface area (TPSA) is 38.3 Å². The summed E-state index contributed by atoms with van der Waals surface area (Å²) in [6, 6.07) is 13.1. The minimum absolute atomic E-state index is 0.187. The maximum Gasteiger partial charge on any atom is 0.265 e. The maximum absolute atomic E-state index is 12.5. The molecule has 2 rings (SSSR count). The SMILES string of the molecule is CC[C@@H](C)c1ccccc1NC(=O)[C@H](C)Oc1ccc(Cl)cc1Br. The van der Waals surface area contributed by atoms with E-state index in [4.69, 9.17) is 16.3 Å². The first kappa shape index (κ1) is 18.8. The number of halogens is 2. The fourth-order valence-corrected chi connectivity index (χ4v) is 3.09. The van der Waals surface area contributed by atoms with Crippen molar-refractivity contribution >= 4 is 39.1 Å². The van der Waals surface area contributed by atoms with Crippen LogP contribution in [0.15, 0.2) is 46.9 Å². The van der Waals surface area contributed by atoms with Gasteiger partial charge in [-0.2, -0.15) is 0 Å². The standard InChI is InChI=1S/C19H21BrClNO2/c1-4-12(2)15-7-5-6-8-17(15)22-19(23)13(3)24-18-10-9-14(21)11-16(18)20/h5-13H,4H2,1-3H3,(H,22,23)/t12-,13+/m1/s1. The zero-order valence-electron chi connectivity index (χ0n) is 14.0.